The zero-order chi connectivity index (χ0) is 14.1. The summed E-state index contributed by atoms with van der Waals surface area (Å²) in [6, 6.07) is 1.50. The van der Waals surface area contributed by atoms with Crippen LogP contribution < -0.4 is 5.73 Å². The van der Waals surface area contributed by atoms with Crippen LogP contribution in [-0.2, 0) is 0 Å². The van der Waals surface area contributed by atoms with Crippen molar-refractivity contribution in [2.75, 3.05) is 6.61 Å². The molecule has 6 nitrogen and oxygen atoms in total. The van der Waals surface area contributed by atoms with Crippen LogP contribution in [0.5, 0.6) is 5.75 Å². The average molecular weight is 311 g/mol. The third-order valence-corrected chi connectivity index (χ3v) is 3.21. The Morgan fingerprint density at radius 3 is 2.47 bits per heavy atom. The normalized spacial score (nSPS) is 12.7. The molecule has 0 saturated carbocycles. The number of halogens is 2. The van der Waals surface area contributed by atoms with Gasteiger partial charge in [0.2, 0.25) is 0 Å². The van der Waals surface area contributed by atoms with Gasteiger partial charge in [-0.15, -0.1) is 12.4 Å². The summed E-state index contributed by atoms with van der Waals surface area (Å²) in [5.74, 6) is -0.417. The molecule has 0 fully saturated rings. The van der Waals surface area contributed by atoms with Crippen molar-refractivity contribution < 1.29 is 15.1 Å². The predicted molar refractivity (Wildman–Crippen MR) is 74.8 cm³/mol. The van der Waals surface area contributed by atoms with Gasteiger partial charge in [-0.1, -0.05) is 25.4 Å². The second-order valence-electron chi connectivity index (χ2n) is 4.71. The molecule has 0 unspecified atom stereocenters. The Kier molecular flexibility index (Phi) is 6.02. The van der Waals surface area contributed by atoms with Gasteiger partial charge in [0.25, 0.3) is 5.69 Å². The number of rotatable bonds is 4. The number of hydrogen-bond acceptors (Lipinski definition) is 5. The van der Waals surface area contributed by atoms with Crippen LogP contribution in [0, 0.1) is 15.5 Å². The van der Waals surface area contributed by atoms with E-state index < -0.39 is 22.1 Å². The third-order valence-electron chi connectivity index (χ3n) is 2.90. The number of aliphatic hydroxyl groups excluding tert-OH is 1. The first-order valence-corrected chi connectivity index (χ1v) is 5.62. The van der Waals surface area contributed by atoms with Gasteiger partial charge in [0.05, 0.1) is 15.5 Å². The van der Waals surface area contributed by atoms with Crippen molar-refractivity contribution in [2.24, 2.45) is 11.1 Å². The van der Waals surface area contributed by atoms with Gasteiger partial charge in [-0.3, -0.25) is 10.1 Å². The molecule has 0 aliphatic heterocycles. The summed E-state index contributed by atoms with van der Waals surface area (Å²) in [7, 11) is 0. The average Bonchev–Trinajstić information content (AvgIpc) is 2.31. The number of hydrogen-bond donors (Lipinski definition) is 3. The van der Waals surface area contributed by atoms with Gasteiger partial charge in [0, 0.05) is 24.1 Å². The van der Waals surface area contributed by atoms with Crippen LogP contribution >= 0.6 is 24.0 Å². The monoisotopic (exact) mass is 310 g/mol. The van der Waals surface area contributed by atoms with E-state index in [0.717, 1.165) is 0 Å². The second kappa shape index (κ2) is 6.38. The van der Waals surface area contributed by atoms with Gasteiger partial charge < -0.3 is 15.9 Å². The molecule has 0 aliphatic carbocycles. The van der Waals surface area contributed by atoms with Crippen molar-refractivity contribution in [3.8, 4) is 5.75 Å². The number of phenolic OH excluding ortho intramolecular Hbond substituents is 1. The van der Waals surface area contributed by atoms with E-state index in [0.29, 0.717) is 0 Å². The lowest BCUT2D eigenvalue weighted by atomic mass is 9.81. The topological polar surface area (TPSA) is 110 Å². The Bertz CT molecular complexity index is 480. The minimum Gasteiger partial charge on any atom is -0.506 e. The Morgan fingerprint density at radius 1 is 1.53 bits per heavy atom. The van der Waals surface area contributed by atoms with Crippen molar-refractivity contribution in [3.05, 3.63) is 32.8 Å². The minimum absolute atomic E-state index is 0. The lowest BCUT2D eigenvalue weighted by molar-refractivity contribution is -0.386. The molecule has 1 aromatic rings. The van der Waals surface area contributed by atoms with Gasteiger partial charge >= 0.3 is 0 Å². The maximum Gasteiger partial charge on any atom is 0.278 e. The number of benzene rings is 1. The van der Waals surface area contributed by atoms with E-state index in [2.05, 4.69) is 0 Å². The second-order valence-corrected chi connectivity index (χ2v) is 5.12. The number of nitro benzene ring substituents is 1. The summed E-state index contributed by atoms with van der Waals surface area (Å²) < 4.78 is 0. The maximum atomic E-state index is 10.9. The van der Waals surface area contributed by atoms with Crippen LogP contribution in [0.1, 0.15) is 25.5 Å². The number of nitrogens with zero attached hydrogens (tertiary/aromatic N) is 1. The molecular weight excluding hydrogens is 295 g/mol. The fourth-order valence-electron chi connectivity index (χ4n) is 1.53. The number of aliphatic hydroxyl groups is 1. The molecule has 108 valence electrons. The van der Waals surface area contributed by atoms with Crippen molar-refractivity contribution in [3.63, 3.8) is 0 Å². The highest BCUT2D eigenvalue weighted by Gasteiger charge is 2.35. The molecule has 0 amide bonds. The van der Waals surface area contributed by atoms with Crippen LogP contribution in [0.3, 0.4) is 0 Å². The lowest BCUT2D eigenvalue weighted by Gasteiger charge is -2.29. The SMILES string of the molecule is CC(C)(CO)[C@H](N)c1c([N+](=O)[O-])ccc(Cl)c1O.Cl. The number of phenols is 1. The Morgan fingerprint density at radius 2 is 2.05 bits per heavy atom. The number of aromatic hydroxyl groups is 1. The van der Waals surface area contributed by atoms with Crippen molar-refractivity contribution in [1.29, 1.82) is 0 Å². The highest BCUT2D eigenvalue weighted by atomic mass is 35.5. The van der Waals surface area contributed by atoms with Gasteiger partial charge in [0.15, 0.2) is 0 Å². The van der Waals surface area contributed by atoms with E-state index in [4.69, 9.17) is 17.3 Å². The van der Waals surface area contributed by atoms with Crippen LogP contribution in [0.15, 0.2) is 12.1 Å². The van der Waals surface area contributed by atoms with Crippen molar-refractivity contribution in [2.45, 2.75) is 19.9 Å². The van der Waals surface area contributed by atoms with E-state index in [9.17, 15) is 20.3 Å². The molecule has 0 aromatic heterocycles. The van der Waals surface area contributed by atoms with Gasteiger partial charge in [0.1, 0.15) is 5.75 Å². The molecule has 0 saturated heterocycles. The molecule has 1 rings (SSSR count). The first kappa shape index (κ1) is 17.9. The van der Waals surface area contributed by atoms with Gasteiger partial charge in [-0.25, -0.2) is 0 Å². The first-order valence-electron chi connectivity index (χ1n) is 5.24. The van der Waals surface area contributed by atoms with Gasteiger partial charge in [-0.2, -0.15) is 0 Å². The summed E-state index contributed by atoms with van der Waals surface area (Å²) in [5, 5.41) is 30.0. The molecule has 1 atom stereocenters. The largest absolute Gasteiger partial charge is 0.506 e. The van der Waals surface area contributed by atoms with Crippen LogP contribution in [0.4, 0.5) is 5.69 Å². The summed E-state index contributed by atoms with van der Waals surface area (Å²) in [6.45, 7) is 3.00. The maximum absolute atomic E-state index is 10.9. The fourth-order valence-corrected chi connectivity index (χ4v) is 1.69. The van der Waals surface area contributed by atoms with Gasteiger partial charge in [-0.05, 0) is 6.07 Å². The third kappa shape index (κ3) is 3.48. The summed E-state index contributed by atoms with van der Waals surface area (Å²) in [6.07, 6.45) is 0. The highest BCUT2D eigenvalue weighted by Crippen LogP contribution is 2.43. The zero-order valence-corrected chi connectivity index (χ0v) is 12.0. The standard InChI is InChI=1S/C11H15ClN2O4.ClH/c1-11(2,5-15)10(13)8-7(14(17)18)4-3-6(12)9(8)16;/h3-4,10,15-16H,5,13H2,1-2H3;1H/t10-;/m1./s1. The quantitative estimate of drug-likeness (QED) is 0.584. The Balaban J connectivity index is 0.00000324. The summed E-state index contributed by atoms with van der Waals surface area (Å²) in [5.41, 5.74) is 4.70. The molecular formula is C11H16Cl2N2O4. The molecule has 19 heavy (non-hydrogen) atoms. The first-order chi connectivity index (χ1) is 8.22. The van der Waals surface area contributed by atoms with Crippen LogP contribution in [0.2, 0.25) is 5.02 Å². The van der Waals surface area contributed by atoms with Crippen LogP contribution in [0.25, 0.3) is 0 Å². The van der Waals surface area contributed by atoms with E-state index in [1.54, 1.807) is 13.8 Å². The molecule has 1 aromatic carbocycles. The lowest BCUT2D eigenvalue weighted by Crippen LogP contribution is -2.33. The fraction of sp³-hybridized carbons (Fsp3) is 0.455. The predicted octanol–water partition coefficient (Wildman–Crippen LogP) is 2.39. The van der Waals surface area contributed by atoms with Crippen LogP contribution in [-0.4, -0.2) is 21.7 Å². The van der Waals surface area contributed by atoms with E-state index >= 15 is 0 Å². The molecule has 0 bridgehead atoms. The van der Waals surface area contributed by atoms with E-state index in [1.807, 2.05) is 0 Å². The molecule has 4 N–H and O–H groups in total. The summed E-state index contributed by atoms with van der Waals surface area (Å²) >= 11 is 5.74. The molecule has 0 heterocycles. The van der Waals surface area contributed by atoms with E-state index in [-0.39, 0.29) is 35.3 Å². The smallest absolute Gasteiger partial charge is 0.278 e. The Hall–Kier alpha value is -1.08. The van der Waals surface area contributed by atoms with E-state index in [1.165, 1.54) is 12.1 Å². The number of nitro groups is 1. The molecule has 0 radical (unpaired) electrons. The number of nitrogens with two attached hydrogens (primary N) is 1. The molecule has 0 spiro atoms. The highest BCUT2D eigenvalue weighted by molar-refractivity contribution is 6.32. The Labute approximate surface area is 121 Å². The van der Waals surface area contributed by atoms with Crippen molar-refractivity contribution in [1.82, 2.24) is 0 Å². The minimum atomic E-state index is -0.915. The summed E-state index contributed by atoms with van der Waals surface area (Å²) in [4.78, 5) is 10.3. The van der Waals surface area contributed by atoms with Crippen molar-refractivity contribution >= 4 is 29.7 Å². The molecule has 8 heteroatoms. The molecule has 0 aliphatic rings. The zero-order valence-electron chi connectivity index (χ0n) is 10.5.